The van der Waals surface area contributed by atoms with Crippen LogP contribution in [0.1, 0.15) is 22.7 Å². The van der Waals surface area contributed by atoms with E-state index in [1.807, 2.05) is 78.9 Å². The molecular formula is C25H21BrN2O4. The Labute approximate surface area is 194 Å². The van der Waals surface area contributed by atoms with E-state index in [2.05, 4.69) is 26.6 Å². The van der Waals surface area contributed by atoms with Crippen LogP contribution in [-0.4, -0.2) is 19.1 Å². The number of hydrogen-bond donors (Lipinski definition) is 2. The van der Waals surface area contributed by atoms with E-state index in [1.165, 1.54) is 7.11 Å². The second-order valence-corrected chi connectivity index (χ2v) is 8.08. The standard InChI is InChI=1S/C25H21BrN2O4/c1-31-24(29)21-22(17-5-3-2-4-6-17)27-25(30)28-23(21)18-9-13-20(14-10-18)32-15-16-7-11-19(26)12-8-16/h2-14,23H,15H2,1H3,(H2,27,28,30). The first kappa shape index (κ1) is 21.6. The Morgan fingerprint density at radius 1 is 0.969 bits per heavy atom. The normalized spacial score (nSPS) is 15.6. The number of hydrogen-bond acceptors (Lipinski definition) is 4. The number of esters is 1. The molecule has 0 bridgehead atoms. The van der Waals surface area contributed by atoms with Crippen LogP contribution in [0.2, 0.25) is 0 Å². The van der Waals surface area contributed by atoms with Gasteiger partial charge in [0, 0.05) is 4.47 Å². The zero-order chi connectivity index (χ0) is 22.5. The molecule has 1 aliphatic heterocycles. The Kier molecular flexibility index (Phi) is 6.56. The number of rotatable bonds is 6. The van der Waals surface area contributed by atoms with Crippen LogP contribution in [0.15, 0.2) is 88.9 Å². The van der Waals surface area contributed by atoms with E-state index < -0.39 is 18.0 Å². The molecule has 1 atom stereocenters. The van der Waals surface area contributed by atoms with Crippen LogP contribution in [0, 0.1) is 0 Å². The number of halogens is 1. The molecule has 162 valence electrons. The molecule has 2 amide bonds. The third-order valence-electron chi connectivity index (χ3n) is 5.07. The van der Waals surface area contributed by atoms with Gasteiger partial charge >= 0.3 is 12.0 Å². The van der Waals surface area contributed by atoms with E-state index in [0.29, 0.717) is 23.6 Å². The second-order valence-electron chi connectivity index (χ2n) is 7.16. The second kappa shape index (κ2) is 9.70. The Bertz CT molecular complexity index is 1140. The number of carbonyl (C=O) groups excluding carboxylic acids is 2. The number of nitrogens with one attached hydrogen (secondary N) is 2. The molecule has 0 fully saturated rings. The lowest BCUT2D eigenvalue weighted by Gasteiger charge is -2.29. The molecule has 1 heterocycles. The Morgan fingerprint density at radius 2 is 1.66 bits per heavy atom. The van der Waals surface area contributed by atoms with Gasteiger partial charge in [0.15, 0.2) is 0 Å². The van der Waals surface area contributed by atoms with Gasteiger partial charge in [0.1, 0.15) is 12.4 Å². The van der Waals surface area contributed by atoms with Crippen molar-refractivity contribution in [3.63, 3.8) is 0 Å². The SMILES string of the molecule is COC(=O)C1=C(c2ccccc2)NC(=O)NC1c1ccc(OCc2ccc(Br)cc2)cc1. The molecular weight excluding hydrogens is 472 g/mol. The summed E-state index contributed by atoms with van der Waals surface area (Å²) in [5.41, 5.74) is 3.28. The van der Waals surface area contributed by atoms with Crippen molar-refractivity contribution in [2.75, 3.05) is 7.11 Å². The molecule has 0 spiro atoms. The first-order valence-electron chi connectivity index (χ1n) is 9.98. The minimum Gasteiger partial charge on any atom is -0.489 e. The van der Waals surface area contributed by atoms with E-state index in [9.17, 15) is 9.59 Å². The maximum absolute atomic E-state index is 12.7. The van der Waals surface area contributed by atoms with Gasteiger partial charge in [0.25, 0.3) is 0 Å². The number of methoxy groups -OCH3 is 1. The van der Waals surface area contributed by atoms with Crippen LogP contribution >= 0.6 is 15.9 Å². The predicted octanol–water partition coefficient (Wildman–Crippen LogP) is 4.97. The highest BCUT2D eigenvalue weighted by Crippen LogP contribution is 2.32. The molecule has 4 rings (SSSR count). The first-order chi connectivity index (χ1) is 15.5. The minimum absolute atomic E-state index is 0.335. The summed E-state index contributed by atoms with van der Waals surface area (Å²) in [6.45, 7) is 0.433. The largest absolute Gasteiger partial charge is 0.489 e. The number of carbonyl (C=O) groups is 2. The van der Waals surface area contributed by atoms with Crippen molar-refractivity contribution in [1.82, 2.24) is 10.6 Å². The minimum atomic E-state index is -0.660. The fourth-order valence-corrected chi connectivity index (χ4v) is 3.75. The van der Waals surface area contributed by atoms with Gasteiger partial charge in [-0.15, -0.1) is 0 Å². The van der Waals surface area contributed by atoms with Crippen LogP contribution in [-0.2, 0) is 16.1 Å². The molecule has 32 heavy (non-hydrogen) atoms. The fraction of sp³-hybridized carbons (Fsp3) is 0.120. The highest BCUT2D eigenvalue weighted by molar-refractivity contribution is 9.10. The van der Waals surface area contributed by atoms with Crippen molar-refractivity contribution in [3.05, 3.63) is 106 Å². The van der Waals surface area contributed by atoms with Crippen LogP contribution in [0.4, 0.5) is 4.79 Å². The lowest BCUT2D eigenvalue weighted by atomic mass is 9.92. The fourth-order valence-electron chi connectivity index (χ4n) is 3.48. The summed E-state index contributed by atoms with van der Waals surface area (Å²) >= 11 is 3.42. The topological polar surface area (TPSA) is 76.7 Å². The van der Waals surface area contributed by atoms with Crippen LogP contribution in [0.25, 0.3) is 5.70 Å². The molecule has 0 saturated heterocycles. The summed E-state index contributed by atoms with van der Waals surface area (Å²) in [4.78, 5) is 25.1. The van der Waals surface area contributed by atoms with E-state index in [0.717, 1.165) is 21.2 Å². The molecule has 0 saturated carbocycles. The highest BCUT2D eigenvalue weighted by atomic mass is 79.9. The van der Waals surface area contributed by atoms with Gasteiger partial charge in [-0.2, -0.15) is 0 Å². The van der Waals surface area contributed by atoms with E-state index >= 15 is 0 Å². The van der Waals surface area contributed by atoms with Crippen LogP contribution < -0.4 is 15.4 Å². The Balaban J connectivity index is 1.61. The molecule has 1 aliphatic rings. The highest BCUT2D eigenvalue weighted by Gasteiger charge is 2.34. The van der Waals surface area contributed by atoms with Gasteiger partial charge in [-0.25, -0.2) is 9.59 Å². The maximum Gasteiger partial charge on any atom is 0.338 e. The van der Waals surface area contributed by atoms with Gasteiger partial charge in [0.05, 0.1) is 24.4 Å². The van der Waals surface area contributed by atoms with Crippen molar-refractivity contribution in [1.29, 1.82) is 0 Å². The number of ether oxygens (including phenoxy) is 2. The molecule has 7 heteroatoms. The van der Waals surface area contributed by atoms with Gasteiger partial charge in [-0.3, -0.25) is 0 Å². The molecule has 3 aromatic rings. The average Bonchev–Trinajstić information content (AvgIpc) is 2.83. The summed E-state index contributed by atoms with van der Waals surface area (Å²) in [6, 6.07) is 23.4. The molecule has 3 aromatic carbocycles. The Morgan fingerprint density at radius 3 is 2.31 bits per heavy atom. The average molecular weight is 493 g/mol. The summed E-state index contributed by atoms with van der Waals surface area (Å²) in [5, 5.41) is 5.58. The zero-order valence-corrected chi connectivity index (χ0v) is 18.9. The summed E-state index contributed by atoms with van der Waals surface area (Å²) in [5.74, 6) is 0.167. The van der Waals surface area contributed by atoms with Crippen molar-refractivity contribution < 1.29 is 19.1 Å². The lowest BCUT2D eigenvalue weighted by Crippen LogP contribution is -2.45. The Hall–Kier alpha value is -3.58. The van der Waals surface area contributed by atoms with Crippen molar-refractivity contribution >= 4 is 33.6 Å². The predicted molar refractivity (Wildman–Crippen MR) is 125 cm³/mol. The first-order valence-corrected chi connectivity index (χ1v) is 10.8. The van der Waals surface area contributed by atoms with E-state index in [1.54, 1.807) is 0 Å². The summed E-state index contributed by atoms with van der Waals surface area (Å²) in [7, 11) is 1.32. The van der Waals surface area contributed by atoms with Crippen molar-refractivity contribution in [3.8, 4) is 5.75 Å². The van der Waals surface area contributed by atoms with Gasteiger partial charge < -0.3 is 20.1 Å². The number of amides is 2. The van der Waals surface area contributed by atoms with Crippen LogP contribution in [0.3, 0.4) is 0 Å². The molecule has 1 unspecified atom stereocenters. The molecule has 0 aromatic heterocycles. The number of benzene rings is 3. The lowest BCUT2D eigenvalue weighted by molar-refractivity contribution is -0.136. The quantitative estimate of drug-likeness (QED) is 0.476. The number of urea groups is 1. The zero-order valence-electron chi connectivity index (χ0n) is 17.3. The monoisotopic (exact) mass is 492 g/mol. The molecule has 6 nitrogen and oxygen atoms in total. The molecule has 0 aliphatic carbocycles. The van der Waals surface area contributed by atoms with Crippen molar-refractivity contribution in [2.45, 2.75) is 12.6 Å². The van der Waals surface area contributed by atoms with Gasteiger partial charge in [-0.1, -0.05) is 70.5 Å². The van der Waals surface area contributed by atoms with Gasteiger partial charge in [0.2, 0.25) is 0 Å². The van der Waals surface area contributed by atoms with E-state index in [-0.39, 0.29) is 0 Å². The van der Waals surface area contributed by atoms with Crippen LogP contribution in [0.5, 0.6) is 5.75 Å². The summed E-state index contributed by atoms with van der Waals surface area (Å²) < 4.78 is 11.9. The van der Waals surface area contributed by atoms with Gasteiger partial charge in [-0.05, 0) is 41.0 Å². The molecule has 0 radical (unpaired) electrons. The third kappa shape index (κ3) is 4.84. The smallest absolute Gasteiger partial charge is 0.338 e. The molecule has 2 N–H and O–H groups in total. The summed E-state index contributed by atoms with van der Waals surface area (Å²) in [6.07, 6.45) is 0. The van der Waals surface area contributed by atoms with Crippen molar-refractivity contribution in [2.24, 2.45) is 0 Å². The maximum atomic E-state index is 12.7. The van der Waals surface area contributed by atoms with E-state index in [4.69, 9.17) is 9.47 Å². The third-order valence-corrected chi connectivity index (χ3v) is 5.60.